The SMILES string of the molecule is CCSCCC(C)NC(C)c1cc(OC)ccc1OC. The monoisotopic (exact) mass is 297 g/mol. The molecule has 0 aromatic heterocycles. The number of thioether (sulfide) groups is 1. The topological polar surface area (TPSA) is 30.5 Å². The molecular formula is C16H27NO2S. The van der Waals surface area contributed by atoms with Gasteiger partial charge in [-0.15, -0.1) is 0 Å². The first kappa shape index (κ1) is 17.2. The van der Waals surface area contributed by atoms with Crippen molar-refractivity contribution < 1.29 is 9.47 Å². The molecule has 1 aromatic carbocycles. The van der Waals surface area contributed by atoms with Crippen LogP contribution in [-0.2, 0) is 0 Å². The third-order valence-electron chi connectivity index (χ3n) is 3.34. The van der Waals surface area contributed by atoms with Crippen molar-refractivity contribution in [2.75, 3.05) is 25.7 Å². The lowest BCUT2D eigenvalue weighted by Crippen LogP contribution is -2.29. The molecule has 114 valence electrons. The highest BCUT2D eigenvalue weighted by Crippen LogP contribution is 2.29. The van der Waals surface area contributed by atoms with Crippen LogP contribution in [0.3, 0.4) is 0 Å². The van der Waals surface area contributed by atoms with Crippen molar-refractivity contribution in [1.29, 1.82) is 0 Å². The van der Waals surface area contributed by atoms with Crippen LogP contribution in [0.1, 0.15) is 38.8 Å². The Labute approximate surface area is 127 Å². The van der Waals surface area contributed by atoms with E-state index in [4.69, 9.17) is 9.47 Å². The fraction of sp³-hybridized carbons (Fsp3) is 0.625. The van der Waals surface area contributed by atoms with E-state index in [1.165, 1.54) is 17.9 Å². The largest absolute Gasteiger partial charge is 0.497 e. The molecular weight excluding hydrogens is 270 g/mol. The standard InChI is InChI=1S/C16H27NO2S/c1-6-20-10-9-12(2)17-13(3)15-11-14(18-4)7-8-16(15)19-5/h7-8,11-13,17H,6,9-10H2,1-5H3. The summed E-state index contributed by atoms with van der Waals surface area (Å²) in [5.74, 6) is 4.16. The van der Waals surface area contributed by atoms with E-state index in [-0.39, 0.29) is 6.04 Å². The van der Waals surface area contributed by atoms with Crippen LogP contribution in [0.15, 0.2) is 18.2 Å². The zero-order chi connectivity index (χ0) is 15.0. The maximum absolute atomic E-state index is 5.45. The summed E-state index contributed by atoms with van der Waals surface area (Å²) < 4.78 is 10.7. The summed E-state index contributed by atoms with van der Waals surface area (Å²) >= 11 is 1.99. The number of nitrogens with one attached hydrogen (secondary N) is 1. The highest BCUT2D eigenvalue weighted by Gasteiger charge is 2.14. The van der Waals surface area contributed by atoms with Gasteiger partial charge in [0.15, 0.2) is 0 Å². The number of hydrogen-bond acceptors (Lipinski definition) is 4. The first-order valence-corrected chi connectivity index (χ1v) is 8.33. The van der Waals surface area contributed by atoms with Crippen LogP contribution < -0.4 is 14.8 Å². The van der Waals surface area contributed by atoms with E-state index in [0.717, 1.165) is 17.1 Å². The minimum absolute atomic E-state index is 0.238. The van der Waals surface area contributed by atoms with Gasteiger partial charge in [-0.2, -0.15) is 11.8 Å². The van der Waals surface area contributed by atoms with Gasteiger partial charge < -0.3 is 14.8 Å². The summed E-state index contributed by atoms with van der Waals surface area (Å²) in [7, 11) is 3.40. The van der Waals surface area contributed by atoms with Gasteiger partial charge in [0.2, 0.25) is 0 Å². The Kier molecular flexibility index (Phi) is 7.85. The minimum atomic E-state index is 0.238. The van der Waals surface area contributed by atoms with Gasteiger partial charge in [0.1, 0.15) is 11.5 Å². The fourth-order valence-corrected chi connectivity index (χ4v) is 2.99. The van der Waals surface area contributed by atoms with E-state index in [2.05, 4.69) is 26.1 Å². The van der Waals surface area contributed by atoms with Crippen molar-refractivity contribution in [3.63, 3.8) is 0 Å². The third-order valence-corrected chi connectivity index (χ3v) is 4.27. The lowest BCUT2D eigenvalue weighted by Gasteiger charge is -2.22. The van der Waals surface area contributed by atoms with Crippen LogP contribution in [-0.4, -0.2) is 31.8 Å². The molecule has 20 heavy (non-hydrogen) atoms. The average Bonchev–Trinajstić information content (AvgIpc) is 2.46. The molecule has 4 heteroatoms. The molecule has 0 aliphatic carbocycles. The molecule has 1 N–H and O–H groups in total. The molecule has 0 aliphatic heterocycles. The first-order chi connectivity index (χ1) is 9.62. The number of benzene rings is 1. The summed E-state index contributed by atoms with van der Waals surface area (Å²) in [4.78, 5) is 0. The second kappa shape index (κ2) is 9.14. The smallest absolute Gasteiger partial charge is 0.123 e. The van der Waals surface area contributed by atoms with Crippen molar-refractivity contribution in [2.24, 2.45) is 0 Å². The predicted octanol–water partition coefficient (Wildman–Crippen LogP) is 3.89. The highest BCUT2D eigenvalue weighted by atomic mass is 32.2. The second-order valence-corrected chi connectivity index (χ2v) is 6.28. The molecule has 3 nitrogen and oxygen atoms in total. The van der Waals surface area contributed by atoms with Gasteiger partial charge in [-0.3, -0.25) is 0 Å². The van der Waals surface area contributed by atoms with Gasteiger partial charge in [0.25, 0.3) is 0 Å². The molecule has 0 bridgehead atoms. The first-order valence-electron chi connectivity index (χ1n) is 7.18. The fourth-order valence-electron chi connectivity index (χ4n) is 2.18. The average molecular weight is 297 g/mol. The van der Waals surface area contributed by atoms with Gasteiger partial charge in [-0.25, -0.2) is 0 Å². The van der Waals surface area contributed by atoms with Gasteiger partial charge in [0, 0.05) is 17.6 Å². The van der Waals surface area contributed by atoms with Crippen LogP contribution in [0.4, 0.5) is 0 Å². The summed E-state index contributed by atoms with van der Waals surface area (Å²) in [5, 5.41) is 3.63. The maximum atomic E-state index is 5.45. The molecule has 1 rings (SSSR count). The Morgan fingerprint density at radius 1 is 1.20 bits per heavy atom. The molecule has 0 spiro atoms. The summed E-state index contributed by atoms with van der Waals surface area (Å²) in [6, 6.07) is 6.66. The zero-order valence-corrected chi connectivity index (χ0v) is 14.0. The van der Waals surface area contributed by atoms with E-state index >= 15 is 0 Å². The Bertz CT molecular complexity index is 398. The normalized spacial score (nSPS) is 13.8. The van der Waals surface area contributed by atoms with Gasteiger partial charge in [0.05, 0.1) is 14.2 Å². The molecule has 0 radical (unpaired) electrons. The molecule has 1 aromatic rings. The Morgan fingerprint density at radius 3 is 2.55 bits per heavy atom. The molecule has 2 atom stereocenters. The van der Waals surface area contributed by atoms with Crippen molar-refractivity contribution in [3.05, 3.63) is 23.8 Å². The molecule has 2 unspecified atom stereocenters. The van der Waals surface area contributed by atoms with Crippen LogP contribution in [0, 0.1) is 0 Å². The van der Waals surface area contributed by atoms with E-state index in [1.807, 2.05) is 30.0 Å². The number of ether oxygens (including phenoxy) is 2. The van der Waals surface area contributed by atoms with E-state index in [1.54, 1.807) is 14.2 Å². The number of hydrogen-bond donors (Lipinski definition) is 1. The predicted molar refractivity (Wildman–Crippen MR) is 88.2 cm³/mol. The Balaban J connectivity index is 2.67. The van der Waals surface area contributed by atoms with Crippen LogP contribution >= 0.6 is 11.8 Å². The summed E-state index contributed by atoms with van der Waals surface area (Å²) in [6.45, 7) is 6.60. The lowest BCUT2D eigenvalue weighted by atomic mass is 10.1. The molecule has 0 saturated heterocycles. The quantitative estimate of drug-likeness (QED) is 0.701. The number of methoxy groups -OCH3 is 2. The Morgan fingerprint density at radius 2 is 1.95 bits per heavy atom. The van der Waals surface area contributed by atoms with E-state index < -0.39 is 0 Å². The zero-order valence-electron chi connectivity index (χ0n) is 13.2. The van der Waals surface area contributed by atoms with Gasteiger partial charge in [-0.1, -0.05) is 6.92 Å². The highest BCUT2D eigenvalue weighted by molar-refractivity contribution is 7.99. The molecule has 0 saturated carbocycles. The molecule has 0 fully saturated rings. The molecule has 0 amide bonds. The van der Waals surface area contributed by atoms with Crippen molar-refractivity contribution >= 4 is 11.8 Å². The van der Waals surface area contributed by atoms with E-state index in [9.17, 15) is 0 Å². The van der Waals surface area contributed by atoms with Crippen LogP contribution in [0.2, 0.25) is 0 Å². The Hall–Kier alpha value is -0.870. The van der Waals surface area contributed by atoms with Crippen molar-refractivity contribution in [1.82, 2.24) is 5.32 Å². The van der Waals surface area contributed by atoms with Gasteiger partial charge >= 0.3 is 0 Å². The van der Waals surface area contributed by atoms with Crippen LogP contribution in [0.5, 0.6) is 11.5 Å². The molecule has 0 heterocycles. The van der Waals surface area contributed by atoms with E-state index in [0.29, 0.717) is 6.04 Å². The van der Waals surface area contributed by atoms with Crippen molar-refractivity contribution in [3.8, 4) is 11.5 Å². The summed E-state index contributed by atoms with van der Waals surface area (Å²) in [5.41, 5.74) is 1.14. The van der Waals surface area contributed by atoms with Crippen molar-refractivity contribution in [2.45, 2.75) is 39.3 Å². The minimum Gasteiger partial charge on any atom is -0.497 e. The van der Waals surface area contributed by atoms with Crippen LogP contribution in [0.25, 0.3) is 0 Å². The maximum Gasteiger partial charge on any atom is 0.123 e. The summed E-state index contributed by atoms with van der Waals surface area (Å²) in [6.07, 6.45) is 1.18. The number of rotatable bonds is 9. The third kappa shape index (κ3) is 5.25. The molecule has 0 aliphatic rings. The lowest BCUT2D eigenvalue weighted by molar-refractivity contribution is 0.386. The van der Waals surface area contributed by atoms with Gasteiger partial charge in [-0.05, 0) is 50.0 Å². The second-order valence-electron chi connectivity index (χ2n) is 4.88.